The van der Waals surface area contributed by atoms with Gasteiger partial charge < -0.3 is 18.9 Å². The molecule has 2 aliphatic rings. The van der Waals surface area contributed by atoms with Gasteiger partial charge in [0.2, 0.25) is 5.75 Å². The molecule has 21 heavy (non-hydrogen) atoms. The van der Waals surface area contributed by atoms with Gasteiger partial charge in [0, 0.05) is 11.1 Å². The second-order valence-corrected chi connectivity index (χ2v) is 5.21. The van der Waals surface area contributed by atoms with Gasteiger partial charge in [0.05, 0.1) is 26.7 Å². The lowest BCUT2D eigenvalue weighted by atomic mass is 9.89. The molecular weight excluding hydrogens is 268 g/mol. The zero-order valence-corrected chi connectivity index (χ0v) is 12.0. The number of para-hydroxylation sites is 1. The lowest BCUT2D eigenvalue weighted by Gasteiger charge is -2.29. The monoisotopic (exact) mass is 284 g/mol. The summed E-state index contributed by atoms with van der Waals surface area (Å²) in [4.78, 5) is 0. The molecule has 0 N–H and O–H groups in total. The smallest absolute Gasteiger partial charge is 0.203 e. The maximum absolute atomic E-state index is 6.13. The van der Waals surface area contributed by atoms with E-state index in [0.29, 0.717) is 18.1 Å². The first-order valence-corrected chi connectivity index (χ1v) is 6.96. The highest BCUT2D eigenvalue weighted by molar-refractivity contribution is 5.59. The van der Waals surface area contributed by atoms with Crippen molar-refractivity contribution in [2.75, 3.05) is 20.8 Å². The van der Waals surface area contributed by atoms with Crippen molar-refractivity contribution < 1.29 is 18.9 Å². The van der Waals surface area contributed by atoms with Gasteiger partial charge in [0.1, 0.15) is 11.9 Å². The summed E-state index contributed by atoms with van der Waals surface area (Å²) in [5, 5.41) is 0. The first-order chi connectivity index (χ1) is 10.3. The van der Waals surface area contributed by atoms with E-state index < -0.39 is 0 Å². The summed E-state index contributed by atoms with van der Waals surface area (Å²) in [6.45, 7) is 0.582. The summed E-state index contributed by atoms with van der Waals surface area (Å²) in [5.41, 5.74) is 2.23. The maximum atomic E-state index is 6.13. The average molecular weight is 284 g/mol. The van der Waals surface area contributed by atoms with Crippen LogP contribution in [0.15, 0.2) is 36.4 Å². The van der Waals surface area contributed by atoms with Crippen LogP contribution < -0.4 is 18.9 Å². The highest BCUT2D eigenvalue weighted by Crippen LogP contribution is 2.54. The minimum absolute atomic E-state index is 0.0223. The Bertz CT molecular complexity index is 695. The molecule has 0 spiro atoms. The van der Waals surface area contributed by atoms with Crippen LogP contribution in [0.3, 0.4) is 0 Å². The van der Waals surface area contributed by atoms with E-state index in [1.165, 1.54) is 5.56 Å². The van der Waals surface area contributed by atoms with Crippen molar-refractivity contribution in [2.24, 2.45) is 0 Å². The third-order valence-corrected chi connectivity index (χ3v) is 4.18. The van der Waals surface area contributed by atoms with Gasteiger partial charge in [-0.15, -0.1) is 0 Å². The maximum Gasteiger partial charge on any atom is 0.203 e. The fourth-order valence-corrected chi connectivity index (χ4v) is 3.19. The van der Waals surface area contributed by atoms with Crippen LogP contribution in [0, 0.1) is 0 Å². The molecule has 0 bridgehead atoms. The Morgan fingerprint density at radius 3 is 2.67 bits per heavy atom. The Morgan fingerprint density at radius 1 is 1.00 bits per heavy atom. The van der Waals surface area contributed by atoms with Crippen LogP contribution in [-0.2, 0) is 0 Å². The Kier molecular flexibility index (Phi) is 2.70. The van der Waals surface area contributed by atoms with Crippen molar-refractivity contribution in [3.8, 4) is 23.0 Å². The van der Waals surface area contributed by atoms with Crippen molar-refractivity contribution in [1.29, 1.82) is 0 Å². The third kappa shape index (κ3) is 1.68. The van der Waals surface area contributed by atoms with Gasteiger partial charge >= 0.3 is 0 Å². The molecule has 0 fully saturated rings. The number of methoxy groups -OCH3 is 2. The molecule has 2 aromatic rings. The van der Waals surface area contributed by atoms with E-state index in [2.05, 4.69) is 6.07 Å². The van der Waals surface area contributed by atoms with Crippen LogP contribution in [0.5, 0.6) is 23.0 Å². The van der Waals surface area contributed by atoms with Crippen LogP contribution in [0.2, 0.25) is 0 Å². The molecule has 4 rings (SSSR count). The van der Waals surface area contributed by atoms with E-state index in [0.717, 1.165) is 17.1 Å². The number of fused-ring (bicyclic) bond motifs is 5. The molecule has 2 heterocycles. The van der Waals surface area contributed by atoms with Crippen molar-refractivity contribution in [3.05, 3.63) is 47.5 Å². The number of ether oxygens (including phenoxy) is 4. The second kappa shape index (κ2) is 4.58. The van der Waals surface area contributed by atoms with E-state index in [4.69, 9.17) is 18.9 Å². The number of hydrogen-bond acceptors (Lipinski definition) is 4. The Labute approximate surface area is 123 Å². The molecule has 2 unspecified atom stereocenters. The molecule has 0 saturated heterocycles. The highest BCUT2D eigenvalue weighted by atomic mass is 16.5. The minimum Gasteiger partial charge on any atom is -0.493 e. The Hall–Kier alpha value is -2.36. The normalized spacial score (nSPS) is 21.4. The van der Waals surface area contributed by atoms with Gasteiger partial charge in [0.25, 0.3) is 0 Å². The summed E-state index contributed by atoms with van der Waals surface area (Å²) in [6, 6.07) is 12.0. The summed E-state index contributed by atoms with van der Waals surface area (Å²) >= 11 is 0. The molecule has 2 aromatic carbocycles. The molecule has 2 aliphatic heterocycles. The van der Waals surface area contributed by atoms with Gasteiger partial charge in [0.15, 0.2) is 11.5 Å². The Morgan fingerprint density at radius 2 is 1.86 bits per heavy atom. The zero-order valence-electron chi connectivity index (χ0n) is 12.0. The van der Waals surface area contributed by atoms with Crippen molar-refractivity contribution in [3.63, 3.8) is 0 Å². The zero-order chi connectivity index (χ0) is 14.4. The van der Waals surface area contributed by atoms with Crippen LogP contribution >= 0.6 is 0 Å². The van der Waals surface area contributed by atoms with E-state index in [1.807, 2.05) is 30.3 Å². The topological polar surface area (TPSA) is 36.9 Å². The van der Waals surface area contributed by atoms with Crippen molar-refractivity contribution in [1.82, 2.24) is 0 Å². The lowest BCUT2D eigenvalue weighted by Crippen LogP contribution is -2.23. The Balaban J connectivity index is 1.82. The van der Waals surface area contributed by atoms with Crippen molar-refractivity contribution >= 4 is 0 Å². The first kappa shape index (κ1) is 12.4. The molecule has 0 saturated carbocycles. The van der Waals surface area contributed by atoms with E-state index in [-0.39, 0.29) is 12.0 Å². The molecular formula is C17H16O4. The highest BCUT2D eigenvalue weighted by Gasteiger charge is 2.42. The molecule has 0 aliphatic carbocycles. The fraction of sp³-hybridized carbons (Fsp3) is 0.294. The molecule has 4 heteroatoms. The SMILES string of the molecule is COc1ccc2c(c1OC)OCC1c3ccccc3OC21. The van der Waals surface area contributed by atoms with Gasteiger partial charge in [-0.3, -0.25) is 0 Å². The van der Waals surface area contributed by atoms with Crippen LogP contribution in [-0.4, -0.2) is 20.8 Å². The van der Waals surface area contributed by atoms with E-state index in [1.54, 1.807) is 14.2 Å². The van der Waals surface area contributed by atoms with E-state index >= 15 is 0 Å². The fourth-order valence-electron chi connectivity index (χ4n) is 3.19. The second-order valence-electron chi connectivity index (χ2n) is 5.21. The largest absolute Gasteiger partial charge is 0.493 e. The van der Waals surface area contributed by atoms with Crippen LogP contribution in [0.4, 0.5) is 0 Å². The quantitative estimate of drug-likeness (QED) is 0.847. The summed E-state index contributed by atoms with van der Waals surface area (Å²) < 4.78 is 22.9. The first-order valence-electron chi connectivity index (χ1n) is 6.96. The van der Waals surface area contributed by atoms with Gasteiger partial charge in [-0.1, -0.05) is 18.2 Å². The molecule has 4 nitrogen and oxygen atoms in total. The molecule has 2 atom stereocenters. The summed E-state index contributed by atoms with van der Waals surface area (Å²) in [5.74, 6) is 3.20. The third-order valence-electron chi connectivity index (χ3n) is 4.18. The summed E-state index contributed by atoms with van der Waals surface area (Å²) in [6.07, 6.45) is -0.0223. The number of hydrogen-bond donors (Lipinski definition) is 0. The molecule has 0 amide bonds. The number of benzene rings is 2. The van der Waals surface area contributed by atoms with Crippen LogP contribution in [0.1, 0.15) is 23.1 Å². The number of rotatable bonds is 2. The van der Waals surface area contributed by atoms with Gasteiger partial charge in [-0.25, -0.2) is 0 Å². The predicted molar refractivity (Wildman–Crippen MR) is 77.6 cm³/mol. The lowest BCUT2D eigenvalue weighted by molar-refractivity contribution is 0.135. The van der Waals surface area contributed by atoms with E-state index in [9.17, 15) is 0 Å². The van der Waals surface area contributed by atoms with Gasteiger partial charge in [-0.2, -0.15) is 0 Å². The predicted octanol–water partition coefficient (Wildman–Crippen LogP) is 3.31. The van der Waals surface area contributed by atoms with Crippen LogP contribution in [0.25, 0.3) is 0 Å². The summed E-state index contributed by atoms with van der Waals surface area (Å²) in [7, 11) is 3.25. The van der Waals surface area contributed by atoms with Gasteiger partial charge in [-0.05, 0) is 18.2 Å². The standard InChI is InChI=1S/C17H16O4/c1-18-14-8-7-11-15-12(9-20-16(11)17(14)19-2)10-5-3-4-6-13(10)21-15/h3-8,12,15H,9H2,1-2H3. The average Bonchev–Trinajstić information content (AvgIpc) is 2.92. The minimum atomic E-state index is -0.0223. The van der Waals surface area contributed by atoms with Crippen molar-refractivity contribution in [2.45, 2.75) is 12.0 Å². The molecule has 0 aromatic heterocycles. The molecule has 0 radical (unpaired) electrons. The molecule has 108 valence electrons.